The van der Waals surface area contributed by atoms with Crippen LogP contribution in [0, 0.1) is 11.8 Å². The summed E-state index contributed by atoms with van der Waals surface area (Å²) in [4.78, 5) is 24.2. The van der Waals surface area contributed by atoms with Gasteiger partial charge in [0, 0.05) is 11.2 Å². The van der Waals surface area contributed by atoms with Crippen molar-refractivity contribution in [1.82, 2.24) is 4.72 Å². The van der Waals surface area contributed by atoms with E-state index in [0.29, 0.717) is 18.5 Å². The molecule has 2 saturated heterocycles. The number of rotatable bonds is 5. The molecule has 2 heterocycles. The monoisotopic (exact) mass is 396 g/mol. The Morgan fingerprint density at radius 2 is 1.63 bits per heavy atom. The number of benzene rings is 1. The lowest BCUT2D eigenvalue weighted by Gasteiger charge is -2.24. The summed E-state index contributed by atoms with van der Waals surface area (Å²) in [5.74, 6) is -3.04. The van der Waals surface area contributed by atoms with Crippen molar-refractivity contribution in [2.24, 2.45) is 11.8 Å². The molecule has 0 unspecified atom stereocenters. The van der Waals surface area contributed by atoms with E-state index in [-0.39, 0.29) is 11.0 Å². The van der Waals surface area contributed by atoms with E-state index in [2.05, 4.69) is 10.0 Å². The van der Waals surface area contributed by atoms with Crippen LogP contribution in [0.5, 0.6) is 0 Å². The first-order valence-corrected chi connectivity index (χ1v) is 10.3. The fraction of sp³-hybridized carbons (Fsp3) is 0.556. The Bertz CT molecular complexity index is 844. The predicted octanol–water partition coefficient (Wildman–Crippen LogP) is 1.58. The molecule has 3 rings (SSSR count). The van der Waals surface area contributed by atoms with Gasteiger partial charge in [0.25, 0.3) is 0 Å². The molecule has 0 aliphatic carbocycles. The number of fused-ring (bicyclic) bond motifs is 2. The van der Waals surface area contributed by atoms with Gasteiger partial charge in [0.1, 0.15) is 0 Å². The van der Waals surface area contributed by atoms with E-state index in [4.69, 9.17) is 4.74 Å². The van der Waals surface area contributed by atoms with Crippen molar-refractivity contribution in [3.63, 3.8) is 0 Å². The van der Waals surface area contributed by atoms with Crippen molar-refractivity contribution >= 4 is 27.6 Å². The number of carboxylic acids is 1. The zero-order chi connectivity index (χ0) is 20.0. The molecule has 148 valence electrons. The summed E-state index contributed by atoms with van der Waals surface area (Å²) in [5, 5.41) is 12.1. The van der Waals surface area contributed by atoms with Crippen molar-refractivity contribution < 1.29 is 27.9 Å². The molecule has 0 spiro atoms. The normalized spacial score (nSPS) is 27.5. The maximum atomic E-state index is 12.6. The summed E-state index contributed by atoms with van der Waals surface area (Å²) < 4.78 is 32.8. The van der Waals surface area contributed by atoms with Gasteiger partial charge in [-0.05, 0) is 57.9 Å². The number of anilines is 1. The number of hydrogen-bond donors (Lipinski definition) is 3. The average molecular weight is 396 g/mol. The van der Waals surface area contributed by atoms with Crippen LogP contribution in [0.25, 0.3) is 0 Å². The minimum Gasteiger partial charge on any atom is -0.481 e. The lowest BCUT2D eigenvalue weighted by molar-refractivity contribution is -0.147. The van der Waals surface area contributed by atoms with Crippen LogP contribution in [0.1, 0.15) is 33.6 Å². The number of aliphatic carboxylic acids is 1. The lowest BCUT2D eigenvalue weighted by atomic mass is 9.78. The van der Waals surface area contributed by atoms with Crippen LogP contribution >= 0.6 is 0 Å². The van der Waals surface area contributed by atoms with E-state index in [9.17, 15) is 23.1 Å². The highest BCUT2D eigenvalue weighted by Crippen LogP contribution is 2.44. The maximum Gasteiger partial charge on any atom is 0.310 e. The van der Waals surface area contributed by atoms with Crippen LogP contribution in [0.2, 0.25) is 0 Å². The lowest BCUT2D eigenvalue weighted by Crippen LogP contribution is -2.41. The topological polar surface area (TPSA) is 122 Å². The van der Waals surface area contributed by atoms with E-state index in [1.807, 2.05) is 0 Å². The highest BCUT2D eigenvalue weighted by atomic mass is 32.2. The molecule has 2 aliphatic heterocycles. The number of nitrogens with one attached hydrogen (secondary N) is 2. The molecule has 8 nitrogen and oxygen atoms in total. The van der Waals surface area contributed by atoms with E-state index in [0.717, 1.165) is 0 Å². The summed E-state index contributed by atoms with van der Waals surface area (Å²) in [6, 6.07) is 5.77. The van der Waals surface area contributed by atoms with E-state index >= 15 is 0 Å². The van der Waals surface area contributed by atoms with Crippen LogP contribution in [0.15, 0.2) is 29.2 Å². The van der Waals surface area contributed by atoms with Gasteiger partial charge in [-0.3, -0.25) is 9.59 Å². The molecule has 9 heteroatoms. The number of carbonyl (C=O) groups is 2. The minimum atomic E-state index is -3.67. The molecule has 27 heavy (non-hydrogen) atoms. The second-order valence-electron chi connectivity index (χ2n) is 8.05. The molecule has 2 bridgehead atoms. The zero-order valence-corrected chi connectivity index (χ0v) is 16.2. The minimum absolute atomic E-state index is 0.0853. The Labute approximate surface area is 158 Å². The highest BCUT2D eigenvalue weighted by molar-refractivity contribution is 7.89. The fourth-order valence-electron chi connectivity index (χ4n) is 3.73. The fourth-order valence-corrected chi connectivity index (χ4v) is 5.15. The van der Waals surface area contributed by atoms with Gasteiger partial charge >= 0.3 is 5.97 Å². The van der Waals surface area contributed by atoms with E-state index in [1.165, 1.54) is 24.3 Å². The van der Waals surface area contributed by atoms with Gasteiger partial charge < -0.3 is 15.2 Å². The molecule has 3 N–H and O–H groups in total. The molecular weight excluding hydrogens is 372 g/mol. The van der Waals surface area contributed by atoms with Gasteiger partial charge in [-0.25, -0.2) is 13.1 Å². The first kappa shape index (κ1) is 19.8. The maximum absolute atomic E-state index is 12.6. The van der Waals surface area contributed by atoms with E-state index < -0.39 is 45.4 Å². The summed E-state index contributed by atoms with van der Waals surface area (Å²) in [6.45, 7) is 5.24. The highest BCUT2D eigenvalue weighted by Gasteiger charge is 2.55. The summed E-state index contributed by atoms with van der Waals surface area (Å²) in [5.41, 5.74) is -0.207. The molecule has 1 amide bonds. The van der Waals surface area contributed by atoms with Crippen LogP contribution in [0.4, 0.5) is 5.69 Å². The van der Waals surface area contributed by atoms with Crippen LogP contribution in [0.3, 0.4) is 0 Å². The van der Waals surface area contributed by atoms with Crippen LogP contribution in [-0.4, -0.2) is 43.1 Å². The Kier molecular flexibility index (Phi) is 5.04. The molecule has 0 saturated carbocycles. The third-order valence-corrected chi connectivity index (χ3v) is 6.51. The Hall–Kier alpha value is -1.97. The molecule has 2 aliphatic rings. The van der Waals surface area contributed by atoms with Crippen molar-refractivity contribution in [3.8, 4) is 0 Å². The number of carboxylic acid groups (broad SMARTS) is 1. The van der Waals surface area contributed by atoms with Crippen molar-refractivity contribution in [2.45, 2.75) is 56.3 Å². The standard InChI is InChI=1S/C18H24N2O6S/c1-18(2,3)20-27(24,25)11-6-4-10(5-7-11)19-16(21)14-12-8-9-13(26-12)15(14)17(22)23/h4-7,12-15,20H,8-9H2,1-3H3,(H,19,21)(H,22,23)/t12-,13-,14-,15-/m1/s1. The molecule has 4 atom stereocenters. The molecule has 1 aromatic rings. The number of amides is 1. The largest absolute Gasteiger partial charge is 0.481 e. The molecule has 1 aromatic carbocycles. The summed E-state index contributed by atoms with van der Waals surface area (Å²) in [6.07, 6.45) is 0.520. The van der Waals surface area contributed by atoms with Gasteiger partial charge in [0.15, 0.2) is 0 Å². The van der Waals surface area contributed by atoms with Gasteiger partial charge in [0.2, 0.25) is 15.9 Å². The van der Waals surface area contributed by atoms with E-state index in [1.54, 1.807) is 20.8 Å². The molecule has 0 radical (unpaired) electrons. The Balaban J connectivity index is 1.72. The van der Waals surface area contributed by atoms with Crippen molar-refractivity contribution in [3.05, 3.63) is 24.3 Å². The number of hydrogen-bond acceptors (Lipinski definition) is 5. The van der Waals surface area contributed by atoms with Gasteiger partial charge in [-0.15, -0.1) is 0 Å². The zero-order valence-electron chi connectivity index (χ0n) is 15.4. The third kappa shape index (κ3) is 4.15. The number of ether oxygens (including phenoxy) is 1. The van der Waals surface area contributed by atoms with Crippen LogP contribution in [-0.2, 0) is 24.3 Å². The second-order valence-corrected chi connectivity index (χ2v) is 9.73. The van der Waals surface area contributed by atoms with Gasteiger partial charge in [0.05, 0.1) is 28.9 Å². The molecule has 2 fully saturated rings. The third-order valence-electron chi connectivity index (χ3n) is 4.73. The first-order valence-electron chi connectivity index (χ1n) is 8.81. The Morgan fingerprint density at radius 3 is 2.15 bits per heavy atom. The molecule has 0 aromatic heterocycles. The smallest absolute Gasteiger partial charge is 0.310 e. The quantitative estimate of drug-likeness (QED) is 0.695. The van der Waals surface area contributed by atoms with Gasteiger partial charge in [-0.1, -0.05) is 0 Å². The van der Waals surface area contributed by atoms with Crippen molar-refractivity contribution in [1.29, 1.82) is 0 Å². The first-order chi connectivity index (χ1) is 12.5. The molecular formula is C18H24N2O6S. The average Bonchev–Trinajstić information content (AvgIpc) is 3.14. The SMILES string of the molecule is CC(C)(C)NS(=O)(=O)c1ccc(NC(=O)[C@H]2[C@H](C(=O)O)[C@H]3CC[C@H]2O3)cc1. The van der Waals surface area contributed by atoms with Gasteiger partial charge in [-0.2, -0.15) is 0 Å². The summed E-state index contributed by atoms with van der Waals surface area (Å²) in [7, 11) is -3.67. The Morgan fingerprint density at radius 1 is 1.07 bits per heavy atom. The second kappa shape index (κ2) is 6.88. The summed E-state index contributed by atoms with van der Waals surface area (Å²) >= 11 is 0. The van der Waals surface area contributed by atoms with Crippen LogP contribution < -0.4 is 10.0 Å². The number of carbonyl (C=O) groups excluding carboxylic acids is 1. The predicted molar refractivity (Wildman–Crippen MR) is 97.7 cm³/mol. The number of sulfonamides is 1. The van der Waals surface area contributed by atoms with Crippen molar-refractivity contribution in [2.75, 3.05) is 5.32 Å².